The van der Waals surface area contributed by atoms with Gasteiger partial charge in [0.1, 0.15) is 0 Å². The number of rotatable bonds is 6. The molecule has 0 N–H and O–H groups in total. The summed E-state index contributed by atoms with van der Waals surface area (Å²) in [5.74, 6) is 1.30. The van der Waals surface area contributed by atoms with E-state index in [0.29, 0.717) is 36.7 Å². The van der Waals surface area contributed by atoms with Crippen LogP contribution in [-0.4, -0.2) is 44.0 Å². The van der Waals surface area contributed by atoms with Gasteiger partial charge in [0.15, 0.2) is 0 Å². The molecule has 0 unspecified atom stereocenters. The Balaban J connectivity index is 1.42. The van der Waals surface area contributed by atoms with E-state index in [2.05, 4.69) is 12.1 Å². The molecule has 1 amide bonds. The van der Waals surface area contributed by atoms with Gasteiger partial charge in [0.05, 0.1) is 10.6 Å². The second-order valence-corrected chi connectivity index (χ2v) is 10.5. The molecule has 2 aromatic rings. The van der Waals surface area contributed by atoms with Crippen molar-refractivity contribution in [2.24, 2.45) is 0 Å². The summed E-state index contributed by atoms with van der Waals surface area (Å²) >= 11 is 1.61. The van der Waals surface area contributed by atoms with Crippen LogP contribution in [-0.2, 0) is 27.0 Å². The lowest BCUT2D eigenvalue weighted by Crippen LogP contribution is -2.35. The highest BCUT2D eigenvalue weighted by Gasteiger charge is 2.29. The van der Waals surface area contributed by atoms with Gasteiger partial charge in [-0.1, -0.05) is 36.8 Å². The molecular formula is C22H26N2O3S2. The summed E-state index contributed by atoms with van der Waals surface area (Å²) in [7, 11) is -3.44. The number of sulfonamides is 1. The Morgan fingerprint density at radius 2 is 1.72 bits per heavy atom. The molecule has 7 heteroatoms. The summed E-state index contributed by atoms with van der Waals surface area (Å²) < 4.78 is 27.4. The van der Waals surface area contributed by atoms with Crippen molar-refractivity contribution in [2.45, 2.75) is 36.3 Å². The lowest BCUT2D eigenvalue weighted by Gasteiger charge is -2.26. The summed E-state index contributed by atoms with van der Waals surface area (Å²) in [6.45, 7) is 1.82. The van der Waals surface area contributed by atoms with Gasteiger partial charge >= 0.3 is 0 Å². The summed E-state index contributed by atoms with van der Waals surface area (Å²) in [6, 6.07) is 15.3. The van der Waals surface area contributed by atoms with Crippen LogP contribution in [0, 0.1) is 0 Å². The van der Waals surface area contributed by atoms with E-state index in [9.17, 15) is 13.2 Å². The number of nitrogens with zero attached hydrogens (tertiary/aromatic N) is 2. The molecule has 0 aliphatic carbocycles. The molecule has 5 nitrogen and oxygen atoms in total. The molecule has 2 aromatic carbocycles. The molecule has 2 aliphatic heterocycles. The van der Waals surface area contributed by atoms with Crippen molar-refractivity contribution in [1.82, 2.24) is 4.31 Å². The van der Waals surface area contributed by atoms with Crippen molar-refractivity contribution < 1.29 is 13.2 Å². The van der Waals surface area contributed by atoms with Crippen LogP contribution in [0.3, 0.4) is 0 Å². The number of hydrogen-bond donors (Lipinski definition) is 0. The third-order valence-electron chi connectivity index (χ3n) is 5.54. The molecule has 29 heavy (non-hydrogen) atoms. The van der Waals surface area contributed by atoms with Gasteiger partial charge in [0.25, 0.3) is 0 Å². The van der Waals surface area contributed by atoms with E-state index in [0.717, 1.165) is 36.3 Å². The van der Waals surface area contributed by atoms with Gasteiger partial charge in [0, 0.05) is 31.1 Å². The van der Waals surface area contributed by atoms with Crippen LogP contribution >= 0.6 is 11.8 Å². The van der Waals surface area contributed by atoms with Crippen LogP contribution in [0.2, 0.25) is 0 Å². The van der Waals surface area contributed by atoms with E-state index < -0.39 is 10.0 Å². The fourth-order valence-electron chi connectivity index (χ4n) is 3.96. The smallest absolute Gasteiger partial charge is 0.243 e. The SMILES string of the molecule is O=C(CSCc1ccccc1)N1CCc2cc(S(=O)(=O)N3CCCCC3)ccc21. The number of carbonyl (C=O) groups is 1. The topological polar surface area (TPSA) is 57.7 Å². The highest BCUT2D eigenvalue weighted by molar-refractivity contribution is 7.99. The number of hydrogen-bond acceptors (Lipinski definition) is 4. The molecule has 0 spiro atoms. The number of carbonyl (C=O) groups excluding carboxylic acids is 1. The molecule has 4 rings (SSSR count). The van der Waals surface area contributed by atoms with Crippen LogP contribution in [0.1, 0.15) is 30.4 Å². The quantitative estimate of drug-likeness (QED) is 0.701. The maximum absolute atomic E-state index is 12.9. The van der Waals surface area contributed by atoms with Crippen LogP contribution < -0.4 is 4.90 Å². The summed E-state index contributed by atoms with van der Waals surface area (Å²) in [5.41, 5.74) is 3.01. The number of benzene rings is 2. The predicted octanol–water partition coefficient (Wildman–Crippen LogP) is 3.68. The lowest BCUT2D eigenvalue weighted by molar-refractivity contribution is -0.116. The van der Waals surface area contributed by atoms with Crippen LogP contribution in [0.15, 0.2) is 53.4 Å². The fourth-order valence-corrected chi connectivity index (χ4v) is 6.39. The fraction of sp³-hybridized carbons (Fsp3) is 0.409. The first-order valence-electron chi connectivity index (χ1n) is 10.1. The highest BCUT2D eigenvalue weighted by Crippen LogP contribution is 2.32. The first-order chi connectivity index (χ1) is 14.1. The Kier molecular flexibility index (Phi) is 6.27. The molecule has 0 saturated carbocycles. The zero-order valence-corrected chi connectivity index (χ0v) is 18.1. The van der Waals surface area contributed by atoms with Crippen molar-refractivity contribution in [3.8, 4) is 0 Å². The largest absolute Gasteiger partial charge is 0.311 e. The number of anilines is 1. The molecule has 2 aliphatic rings. The van der Waals surface area contributed by atoms with Crippen LogP contribution in [0.25, 0.3) is 0 Å². The second kappa shape index (κ2) is 8.90. The number of fused-ring (bicyclic) bond motifs is 1. The summed E-state index contributed by atoms with van der Waals surface area (Å²) in [4.78, 5) is 14.9. The molecule has 0 atom stereocenters. The van der Waals surface area contributed by atoms with Crippen LogP contribution in [0.4, 0.5) is 5.69 Å². The Bertz CT molecular complexity index is 971. The van der Waals surface area contributed by atoms with Gasteiger partial charge in [-0.3, -0.25) is 4.79 Å². The van der Waals surface area contributed by atoms with Gasteiger partial charge < -0.3 is 4.90 Å². The third-order valence-corrected chi connectivity index (χ3v) is 8.42. The Hall–Kier alpha value is -1.83. The van der Waals surface area contributed by atoms with Crippen molar-refractivity contribution in [2.75, 3.05) is 30.3 Å². The van der Waals surface area contributed by atoms with Gasteiger partial charge in [-0.05, 0) is 48.6 Å². The molecule has 0 bridgehead atoms. The van der Waals surface area contributed by atoms with Gasteiger partial charge in [-0.2, -0.15) is 4.31 Å². The Labute approximate surface area is 177 Å². The van der Waals surface area contributed by atoms with Crippen molar-refractivity contribution in [1.29, 1.82) is 0 Å². The van der Waals surface area contributed by atoms with Gasteiger partial charge in [-0.15, -0.1) is 11.8 Å². The average molecular weight is 431 g/mol. The van der Waals surface area contributed by atoms with Gasteiger partial charge in [0.2, 0.25) is 15.9 Å². The molecule has 0 radical (unpaired) electrons. The second-order valence-electron chi connectivity index (χ2n) is 7.53. The van der Waals surface area contributed by atoms with E-state index in [-0.39, 0.29) is 5.91 Å². The molecule has 2 heterocycles. The Morgan fingerprint density at radius 1 is 0.966 bits per heavy atom. The number of amides is 1. The molecule has 1 saturated heterocycles. The average Bonchev–Trinajstić information content (AvgIpc) is 3.18. The first-order valence-corrected chi connectivity index (χ1v) is 12.7. The standard InChI is InChI=1S/C22H26N2O3S2/c25-22(17-28-16-18-7-3-1-4-8-18)24-14-11-19-15-20(9-10-21(19)24)29(26,27)23-12-5-2-6-13-23/h1,3-4,7-10,15H,2,5-6,11-14,16-17H2. The minimum absolute atomic E-state index is 0.0799. The van der Waals surface area contributed by atoms with E-state index in [1.54, 1.807) is 39.2 Å². The normalized spacial score (nSPS) is 17.3. The molecule has 1 fully saturated rings. The van der Waals surface area contributed by atoms with E-state index >= 15 is 0 Å². The zero-order valence-electron chi connectivity index (χ0n) is 16.4. The van der Waals surface area contributed by atoms with Crippen molar-refractivity contribution in [3.63, 3.8) is 0 Å². The number of thioether (sulfide) groups is 1. The molecule has 154 valence electrons. The van der Waals surface area contributed by atoms with Crippen LogP contribution in [0.5, 0.6) is 0 Å². The lowest BCUT2D eigenvalue weighted by atomic mass is 10.2. The van der Waals surface area contributed by atoms with E-state index in [1.807, 2.05) is 18.2 Å². The maximum Gasteiger partial charge on any atom is 0.243 e. The predicted molar refractivity (Wildman–Crippen MR) is 118 cm³/mol. The summed E-state index contributed by atoms with van der Waals surface area (Å²) in [5, 5.41) is 0. The minimum atomic E-state index is -3.44. The number of piperidine rings is 1. The summed E-state index contributed by atoms with van der Waals surface area (Å²) in [6.07, 6.45) is 3.64. The third kappa shape index (κ3) is 4.52. The minimum Gasteiger partial charge on any atom is -0.311 e. The Morgan fingerprint density at radius 3 is 2.48 bits per heavy atom. The van der Waals surface area contributed by atoms with Gasteiger partial charge in [-0.25, -0.2) is 8.42 Å². The first kappa shape index (κ1) is 20.4. The molecule has 0 aromatic heterocycles. The molecular weight excluding hydrogens is 404 g/mol. The van der Waals surface area contributed by atoms with Crippen molar-refractivity contribution >= 4 is 33.4 Å². The van der Waals surface area contributed by atoms with Crippen molar-refractivity contribution in [3.05, 3.63) is 59.7 Å². The highest BCUT2D eigenvalue weighted by atomic mass is 32.2. The monoisotopic (exact) mass is 430 g/mol. The maximum atomic E-state index is 12.9. The van der Waals surface area contributed by atoms with E-state index in [1.165, 1.54) is 5.56 Å². The zero-order chi connectivity index (χ0) is 20.3. The van der Waals surface area contributed by atoms with E-state index in [4.69, 9.17) is 0 Å².